The summed E-state index contributed by atoms with van der Waals surface area (Å²) in [6.45, 7) is 5.56. The van der Waals surface area contributed by atoms with Gasteiger partial charge in [0.05, 0.1) is 17.7 Å². The molecule has 3 atom stereocenters. The number of rotatable bonds is 3. The lowest BCUT2D eigenvalue weighted by atomic mass is 10.0. The van der Waals surface area contributed by atoms with E-state index in [4.69, 9.17) is 5.26 Å². The third-order valence-electron chi connectivity index (χ3n) is 4.92. The van der Waals surface area contributed by atoms with Gasteiger partial charge in [0, 0.05) is 38.6 Å². The van der Waals surface area contributed by atoms with Gasteiger partial charge in [-0.25, -0.2) is 0 Å². The average Bonchev–Trinajstić information content (AvgIpc) is 2.95. The Morgan fingerprint density at radius 3 is 2.67 bits per heavy atom. The van der Waals surface area contributed by atoms with Crippen molar-refractivity contribution < 1.29 is 9.59 Å². The Kier molecular flexibility index (Phi) is 4.54. The fourth-order valence-electron chi connectivity index (χ4n) is 3.70. The van der Waals surface area contributed by atoms with E-state index in [-0.39, 0.29) is 29.9 Å². The van der Waals surface area contributed by atoms with Gasteiger partial charge in [-0.3, -0.25) is 14.5 Å². The van der Waals surface area contributed by atoms with Crippen molar-refractivity contribution in [3.05, 3.63) is 35.4 Å². The highest BCUT2D eigenvalue weighted by atomic mass is 16.2. The number of benzene rings is 1. The summed E-state index contributed by atoms with van der Waals surface area (Å²) in [6, 6.07) is 9.65. The van der Waals surface area contributed by atoms with Gasteiger partial charge in [-0.1, -0.05) is 12.1 Å². The first-order valence-electron chi connectivity index (χ1n) is 8.28. The van der Waals surface area contributed by atoms with E-state index in [1.165, 1.54) is 6.92 Å². The number of hydrogen-bond acceptors (Lipinski definition) is 4. The van der Waals surface area contributed by atoms with E-state index in [2.05, 4.69) is 16.3 Å². The lowest BCUT2D eigenvalue weighted by molar-refractivity contribution is -0.143. The molecule has 2 heterocycles. The van der Waals surface area contributed by atoms with Crippen molar-refractivity contribution in [3.63, 3.8) is 0 Å². The van der Waals surface area contributed by atoms with Crippen LogP contribution in [0.2, 0.25) is 0 Å². The molecule has 24 heavy (non-hydrogen) atoms. The molecule has 2 aliphatic heterocycles. The Morgan fingerprint density at radius 2 is 2.04 bits per heavy atom. The zero-order valence-electron chi connectivity index (χ0n) is 14.0. The van der Waals surface area contributed by atoms with Gasteiger partial charge < -0.3 is 10.2 Å². The molecule has 1 aromatic rings. The topological polar surface area (TPSA) is 76.4 Å². The molecule has 0 saturated carbocycles. The second kappa shape index (κ2) is 6.62. The summed E-state index contributed by atoms with van der Waals surface area (Å²) in [4.78, 5) is 28.0. The van der Waals surface area contributed by atoms with Crippen molar-refractivity contribution in [2.75, 3.05) is 13.1 Å². The van der Waals surface area contributed by atoms with E-state index in [1.54, 1.807) is 12.1 Å². The van der Waals surface area contributed by atoms with Crippen LogP contribution in [0.15, 0.2) is 24.3 Å². The number of hydrogen-bond donors (Lipinski definition) is 1. The molecule has 126 valence electrons. The van der Waals surface area contributed by atoms with Gasteiger partial charge in [0.1, 0.15) is 0 Å². The number of fused-ring (bicyclic) bond motifs is 1. The van der Waals surface area contributed by atoms with E-state index >= 15 is 0 Å². The predicted molar refractivity (Wildman–Crippen MR) is 88.8 cm³/mol. The zero-order valence-corrected chi connectivity index (χ0v) is 14.0. The third kappa shape index (κ3) is 3.26. The van der Waals surface area contributed by atoms with Crippen molar-refractivity contribution in [2.24, 2.45) is 0 Å². The summed E-state index contributed by atoms with van der Waals surface area (Å²) in [7, 11) is 0. The molecule has 6 heteroatoms. The Morgan fingerprint density at radius 1 is 1.33 bits per heavy atom. The van der Waals surface area contributed by atoms with Crippen molar-refractivity contribution in [1.82, 2.24) is 15.1 Å². The van der Waals surface area contributed by atoms with Crippen LogP contribution in [0, 0.1) is 11.3 Å². The zero-order chi connectivity index (χ0) is 17.3. The molecule has 0 unspecified atom stereocenters. The van der Waals surface area contributed by atoms with E-state index < -0.39 is 0 Å². The molecule has 0 spiro atoms. The molecular formula is C18H22N4O2. The maximum absolute atomic E-state index is 12.7. The normalized spacial score (nSPS) is 26.8. The van der Waals surface area contributed by atoms with Gasteiger partial charge in [0.25, 0.3) is 0 Å². The third-order valence-corrected chi connectivity index (χ3v) is 4.92. The lowest BCUT2D eigenvalue weighted by Gasteiger charge is -2.41. The number of nitrogens with one attached hydrogen (secondary N) is 1. The number of carbonyl (C=O) groups excluding carboxylic acids is 2. The highest BCUT2D eigenvalue weighted by Crippen LogP contribution is 2.27. The molecule has 1 aromatic carbocycles. The summed E-state index contributed by atoms with van der Waals surface area (Å²) in [5, 5.41) is 11.8. The summed E-state index contributed by atoms with van der Waals surface area (Å²) in [5.74, 6) is 0.0857. The maximum atomic E-state index is 12.7. The minimum Gasteiger partial charge on any atom is -0.352 e. The van der Waals surface area contributed by atoms with Gasteiger partial charge >= 0.3 is 0 Å². The fraction of sp³-hybridized carbons (Fsp3) is 0.500. The van der Waals surface area contributed by atoms with Crippen LogP contribution in [-0.4, -0.2) is 52.8 Å². The van der Waals surface area contributed by atoms with E-state index in [0.717, 1.165) is 18.5 Å². The number of nitrogens with zero attached hydrogens (tertiary/aromatic N) is 3. The van der Waals surface area contributed by atoms with Gasteiger partial charge in [0.15, 0.2) is 0 Å². The van der Waals surface area contributed by atoms with E-state index in [9.17, 15) is 9.59 Å². The second-order valence-corrected chi connectivity index (χ2v) is 6.69. The quantitative estimate of drug-likeness (QED) is 0.894. The van der Waals surface area contributed by atoms with Crippen LogP contribution in [0.25, 0.3) is 0 Å². The second-order valence-electron chi connectivity index (χ2n) is 6.69. The van der Waals surface area contributed by atoms with Crippen LogP contribution in [0.4, 0.5) is 0 Å². The van der Waals surface area contributed by atoms with Crippen molar-refractivity contribution >= 4 is 11.8 Å². The van der Waals surface area contributed by atoms with Crippen molar-refractivity contribution in [1.29, 1.82) is 5.26 Å². The largest absolute Gasteiger partial charge is 0.352 e. The summed E-state index contributed by atoms with van der Waals surface area (Å²) in [5.41, 5.74) is 1.74. The fourth-order valence-corrected chi connectivity index (χ4v) is 3.70. The molecule has 2 amide bonds. The minimum absolute atomic E-state index is 0.0465. The van der Waals surface area contributed by atoms with Crippen LogP contribution in [0.5, 0.6) is 0 Å². The van der Waals surface area contributed by atoms with Crippen molar-refractivity contribution in [2.45, 2.75) is 44.9 Å². The van der Waals surface area contributed by atoms with E-state index in [0.29, 0.717) is 18.7 Å². The average molecular weight is 326 g/mol. The Bertz CT molecular complexity index is 679. The first-order chi connectivity index (χ1) is 11.5. The van der Waals surface area contributed by atoms with Gasteiger partial charge in [-0.15, -0.1) is 0 Å². The highest BCUT2D eigenvalue weighted by Gasteiger charge is 2.43. The number of piperazine rings is 1. The molecule has 2 aliphatic rings. The van der Waals surface area contributed by atoms with Crippen LogP contribution in [0.1, 0.15) is 31.4 Å². The molecule has 0 aromatic heterocycles. The maximum Gasteiger partial charge on any atom is 0.240 e. The Hall–Kier alpha value is -2.39. The smallest absolute Gasteiger partial charge is 0.240 e. The molecule has 2 saturated heterocycles. The summed E-state index contributed by atoms with van der Waals surface area (Å²) >= 11 is 0. The predicted octanol–water partition coefficient (Wildman–Crippen LogP) is 0.868. The first kappa shape index (κ1) is 16.5. The minimum atomic E-state index is -0.173. The molecule has 0 radical (unpaired) electrons. The standard InChI is InChI=1S/C18H22N4O2/c1-12-18(24)22-10-16(20-13(2)23)7-17(22)11-21(12)9-15-5-3-14(8-19)4-6-15/h3-6,12,16-17H,7,9-11H2,1-2H3,(H,20,23)/t12-,16-,17-/m0/s1. The highest BCUT2D eigenvalue weighted by molar-refractivity contribution is 5.83. The van der Waals surface area contributed by atoms with Crippen molar-refractivity contribution in [3.8, 4) is 6.07 Å². The lowest BCUT2D eigenvalue weighted by Crippen LogP contribution is -2.58. The van der Waals surface area contributed by atoms with Crippen LogP contribution in [0.3, 0.4) is 0 Å². The molecule has 3 rings (SSSR count). The molecule has 2 fully saturated rings. The Labute approximate surface area is 142 Å². The number of carbonyl (C=O) groups is 2. The number of nitriles is 1. The summed E-state index contributed by atoms with van der Waals surface area (Å²) in [6.07, 6.45) is 0.807. The monoisotopic (exact) mass is 326 g/mol. The van der Waals surface area contributed by atoms with Gasteiger partial charge in [-0.05, 0) is 31.0 Å². The van der Waals surface area contributed by atoms with Crippen LogP contribution >= 0.6 is 0 Å². The first-order valence-corrected chi connectivity index (χ1v) is 8.28. The van der Waals surface area contributed by atoms with E-state index in [1.807, 2.05) is 24.0 Å². The molecule has 6 nitrogen and oxygen atoms in total. The summed E-state index contributed by atoms with van der Waals surface area (Å²) < 4.78 is 0. The van der Waals surface area contributed by atoms with Gasteiger partial charge in [0.2, 0.25) is 11.8 Å². The molecular weight excluding hydrogens is 304 g/mol. The molecule has 1 N–H and O–H groups in total. The molecule has 0 aliphatic carbocycles. The number of amides is 2. The van der Waals surface area contributed by atoms with Crippen LogP contribution in [-0.2, 0) is 16.1 Å². The SMILES string of the molecule is CC(=O)N[C@H]1C[C@H]2CN(Cc3ccc(C#N)cc3)[C@@H](C)C(=O)N2C1. The molecule has 0 bridgehead atoms. The van der Waals surface area contributed by atoms with Gasteiger partial charge in [-0.2, -0.15) is 5.26 Å². The Balaban J connectivity index is 1.69. The van der Waals surface area contributed by atoms with Crippen LogP contribution < -0.4 is 5.32 Å².